The summed E-state index contributed by atoms with van der Waals surface area (Å²) in [6.45, 7) is 9.50. The van der Waals surface area contributed by atoms with Crippen LogP contribution in [0.15, 0.2) is 0 Å². The number of halogens is 9. The van der Waals surface area contributed by atoms with Crippen LogP contribution in [0.4, 0.5) is 0 Å². The minimum absolute atomic E-state index is 0. The topological polar surface area (TPSA) is 0 Å². The normalized spacial score (nSPS) is 8.59. The summed E-state index contributed by atoms with van der Waals surface area (Å²) in [7, 11) is -0.864. The van der Waals surface area contributed by atoms with E-state index in [9.17, 15) is 0 Å². The Bertz CT molecular complexity index is 173. The summed E-state index contributed by atoms with van der Waals surface area (Å²) in [6, 6.07) is 0. The molecule has 0 heterocycles. The van der Waals surface area contributed by atoms with Crippen LogP contribution < -0.4 is 0 Å². The molecule has 0 aromatic carbocycles. The van der Waals surface area contributed by atoms with Gasteiger partial charge in [-0.2, -0.15) is 0 Å². The predicted octanol–water partition coefficient (Wildman–Crippen LogP) is 10.1. The molecule has 0 saturated carbocycles. The van der Waals surface area contributed by atoms with Crippen LogP contribution in [0.2, 0.25) is 0 Å². The van der Waals surface area contributed by atoms with E-state index in [2.05, 4.69) is 27.7 Å². The van der Waals surface area contributed by atoms with Crippen LogP contribution in [0.3, 0.4) is 0 Å². The third-order valence-electron chi connectivity index (χ3n) is 4.40. The molecule has 0 spiro atoms. The van der Waals surface area contributed by atoms with Gasteiger partial charge in [0, 0.05) is 0 Å². The largest absolute Gasteiger partial charge is 0.147 e. The number of unbranched alkanes of at least 4 members (excludes halogenated alkanes) is 5. The summed E-state index contributed by atoms with van der Waals surface area (Å²) >= 11 is 0. The summed E-state index contributed by atoms with van der Waals surface area (Å²) in [5.74, 6) is 0. The van der Waals surface area contributed by atoms with Crippen molar-refractivity contribution in [2.24, 2.45) is 0 Å². The Balaban J connectivity index is -0.0000000401. The van der Waals surface area contributed by atoms with Gasteiger partial charge in [-0.25, -0.2) is 0 Å². The van der Waals surface area contributed by atoms with Crippen molar-refractivity contribution in [1.82, 2.24) is 0 Å². The van der Waals surface area contributed by atoms with E-state index in [0.29, 0.717) is 0 Å². The van der Waals surface area contributed by atoms with Gasteiger partial charge in [-0.1, -0.05) is 0 Å². The van der Waals surface area contributed by atoms with E-state index in [4.69, 9.17) is 0 Å². The zero-order valence-electron chi connectivity index (χ0n) is 17.4. The van der Waals surface area contributed by atoms with Crippen molar-refractivity contribution in [1.29, 1.82) is 0 Å². The van der Waals surface area contributed by atoms with Gasteiger partial charge < -0.3 is 0 Å². The van der Waals surface area contributed by atoms with Crippen molar-refractivity contribution in [3.63, 3.8) is 0 Å². The predicted molar refractivity (Wildman–Crippen MR) is 157 cm³/mol. The fraction of sp³-hybridized carbons (Fsp3) is 1.00. The molecule has 0 aliphatic heterocycles. The molecule has 0 rings (SSSR count). The average Bonchev–Trinajstić information content (AvgIpc) is 2.35. The van der Waals surface area contributed by atoms with E-state index < -0.39 is 7.26 Å². The van der Waals surface area contributed by atoms with Gasteiger partial charge >= 0.3 is 117 Å². The molecule has 0 amide bonds. The standard InChI is InChI=1S/C17H39P.9ClH/c1-5-9-10-11-12-13-17-18(14-6-2,15-7-3)16-8-4;;;;;;;;;/h18H,5-17H2,1-4H3;9*1H. The van der Waals surface area contributed by atoms with Crippen molar-refractivity contribution >= 4 is 119 Å². The second-order valence-electron chi connectivity index (χ2n) is 6.27. The molecule has 0 aromatic heterocycles. The van der Waals surface area contributed by atoms with Crippen LogP contribution in [0.5, 0.6) is 0 Å². The van der Waals surface area contributed by atoms with Gasteiger partial charge in [0.15, 0.2) is 0 Å². The molecule has 0 aliphatic rings. The number of hydrogen-bond acceptors (Lipinski definition) is 0. The molecule has 0 saturated heterocycles. The maximum absolute atomic E-state index is 2.40. The first-order chi connectivity index (χ1) is 8.74. The molecule has 184 valence electrons. The Morgan fingerprint density at radius 3 is 0.926 bits per heavy atom. The van der Waals surface area contributed by atoms with E-state index >= 15 is 0 Å². The average molecular weight is 603 g/mol. The quantitative estimate of drug-likeness (QED) is 0.145. The maximum atomic E-state index is 2.40. The summed E-state index contributed by atoms with van der Waals surface area (Å²) in [6.07, 6.45) is 19.6. The molecular formula is C17H48Cl9P. The van der Waals surface area contributed by atoms with Crippen LogP contribution in [0.1, 0.15) is 85.5 Å². The fourth-order valence-corrected chi connectivity index (χ4v) is 9.30. The van der Waals surface area contributed by atoms with Gasteiger partial charge in [0.05, 0.1) is 0 Å². The molecular weight excluding hydrogens is 554 g/mol. The third-order valence-corrected chi connectivity index (χ3v) is 10.5. The Morgan fingerprint density at radius 2 is 0.630 bits per heavy atom. The molecule has 0 radical (unpaired) electrons. The fourth-order valence-electron chi connectivity index (χ4n) is 3.62. The molecule has 0 nitrogen and oxygen atoms in total. The zero-order chi connectivity index (χ0) is 13.7. The van der Waals surface area contributed by atoms with E-state index in [1.54, 1.807) is 24.6 Å². The first-order valence-corrected chi connectivity index (χ1v) is 11.6. The molecule has 0 fully saturated rings. The summed E-state index contributed by atoms with van der Waals surface area (Å²) < 4.78 is 0. The number of rotatable bonds is 13. The van der Waals surface area contributed by atoms with E-state index in [1.165, 1.54) is 57.8 Å². The maximum Gasteiger partial charge on any atom is -0.147 e. The van der Waals surface area contributed by atoms with Gasteiger partial charge in [-0.15, -0.1) is 112 Å². The molecule has 0 atom stereocenters. The molecule has 0 aliphatic carbocycles. The Morgan fingerprint density at radius 1 is 0.333 bits per heavy atom. The van der Waals surface area contributed by atoms with Gasteiger partial charge in [0.1, 0.15) is 0 Å². The van der Waals surface area contributed by atoms with Crippen LogP contribution >= 0.6 is 119 Å². The minimum atomic E-state index is -0.864. The molecule has 0 unspecified atom stereocenters. The first kappa shape index (κ1) is 63.1. The van der Waals surface area contributed by atoms with Gasteiger partial charge in [0.2, 0.25) is 0 Å². The molecule has 0 N–H and O–H groups in total. The third kappa shape index (κ3) is 36.7. The molecule has 0 bridgehead atoms. The second-order valence-corrected chi connectivity index (χ2v) is 11.3. The van der Waals surface area contributed by atoms with Gasteiger partial charge in [-0.05, 0) is 0 Å². The Labute approximate surface area is 227 Å². The smallest absolute Gasteiger partial charge is 0.147 e. The Hall–Kier alpha value is 3.04. The minimum Gasteiger partial charge on any atom is -0.147 e. The Kier molecular flexibility index (Phi) is 110. The SMILES string of the molecule is CCCCCCCC[PH](CCC)(CCC)CCC.Cl.Cl.Cl.Cl.Cl.Cl.Cl.Cl.Cl. The summed E-state index contributed by atoms with van der Waals surface area (Å²) in [4.78, 5) is 0. The number of hydrogen-bond donors (Lipinski definition) is 0. The monoisotopic (exact) mass is 598 g/mol. The summed E-state index contributed by atoms with van der Waals surface area (Å²) in [5, 5.41) is 0. The zero-order valence-corrected chi connectivity index (χ0v) is 25.7. The van der Waals surface area contributed by atoms with Crippen molar-refractivity contribution in [2.45, 2.75) is 85.5 Å². The van der Waals surface area contributed by atoms with E-state index in [1.807, 2.05) is 0 Å². The first-order valence-electron chi connectivity index (χ1n) is 8.74. The van der Waals surface area contributed by atoms with E-state index in [-0.39, 0.29) is 112 Å². The van der Waals surface area contributed by atoms with Gasteiger partial charge in [-0.3, -0.25) is 0 Å². The second kappa shape index (κ2) is 47.0. The van der Waals surface area contributed by atoms with Crippen LogP contribution in [-0.4, -0.2) is 24.6 Å². The van der Waals surface area contributed by atoms with Crippen molar-refractivity contribution < 1.29 is 0 Å². The summed E-state index contributed by atoms with van der Waals surface area (Å²) in [5.41, 5.74) is 0. The van der Waals surface area contributed by atoms with Crippen molar-refractivity contribution in [2.75, 3.05) is 24.6 Å². The van der Waals surface area contributed by atoms with Gasteiger partial charge in [0.25, 0.3) is 0 Å². The van der Waals surface area contributed by atoms with Crippen LogP contribution in [-0.2, 0) is 0 Å². The van der Waals surface area contributed by atoms with E-state index in [0.717, 1.165) is 0 Å². The van der Waals surface area contributed by atoms with Crippen molar-refractivity contribution in [3.8, 4) is 0 Å². The molecule has 10 heteroatoms. The molecule has 27 heavy (non-hydrogen) atoms. The van der Waals surface area contributed by atoms with Crippen molar-refractivity contribution in [3.05, 3.63) is 0 Å². The van der Waals surface area contributed by atoms with Crippen LogP contribution in [0.25, 0.3) is 0 Å². The molecule has 0 aromatic rings. The van der Waals surface area contributed by atoms with Crippen LogP contribution in [0, 0.1) is 0 Å².